The Morgan fingerprint density at radius 2 is 2.11 bits per heavy atom. The topological polar surface area (TPSA) is 35.1 Å². The summed E-state index contributed by atoms with van der Waals surface area (Å²) in [6.07, 6.45) is -4.45. The van der Waals surface area contributed by atoms with Crippen molar-refractivity contribution in [3.63, 3.8) is 0 Å². The van der Waals surface area contributed by atoms with Gasteiger partial charge < -0.3 is 4.55 Å². The Balaban J connectivity index is 2.97. The zero-order chi connectivity index (χ0) is 13.9. The molecule has 0 bridgehead atoms. The molecule has 0 aliphatic rings. The van der Waals surface area contributed by atoms with Gasteiger partial charge in [-0.1, -0.05) is 12.2 Å². The van der Waals surface area contributed by atoms with Crippen LogP contribution in [0.3, 0.4) is 0 Å². The van der Waals surface area contributed by atoms with Crippen molar-refractivity contribution in [2.75, 3.05) is 6.54 Å². The molecule has 7 heteroatoms. The normalized spacial score (nSPS) is 13.4. The number of alkyl halides is 3. The van der Waals surface area contributed by atoms with E-state index in [1.54, 1.807) is 6.92 Å². The molecule has 0 aromatic heterocycles. The number of benzene rings is 1. The summed E-state index contributed by atoms with van der Waals surface area (Å²) < 4.78 is 52.4. The predicted molar refractivity (Wildman–Crippen MR) is 68.4 cm³/mol. The van der Waals surface area contributed by atoms with Gasteiger partial charge in [-0.2, -0.15) is 13.2 Å². The summed E-state index contributed by atoms with van der Waals surface area (Å²) in [6.45, 7) is 5.61. The molecule has 0 amide bonds. The molecule has 1 N–H and O–H groups in total. The Labute approximate surface area is 115 Å². The molecule has 0 spiro atoms. The summed E-state index contributed by atoms with van der Waals surface area (Å²) in [4.78, 5) is 0.0612. The lowest BCUT2D eigenvalue weighted by atomic mass is 10.2. The fourth-order valence-corrected chi connectivity index (χ4v) is 2.79. The van der Waals surface area contributed by atoms with Gasteiger partial charge in [0.2, 0.25) is 0 Å². The van der Waals surface area contributed by atoms with Crippen LogP contribution in [-0.2, 0) is 17.5 Å². The quantitative estimate of drug-likeness (QED) is 0.670. The van der Waals surface area contributed by atoms with E-state index in [9.17, 15) is 17.7 Å². The molecule has 1 rings (SSSR count). The van der Waals surface area contributed by atoms with Crippen molar-refractivity contribution in [2.45, 2.75) is 18.0 Å². The Morgan fingerprint density at radius 3 is 2.61 bits per heavy atom. The van der Waals surface area contributed by atoms with Gasteiger partial charge in [0.25, 0.3) is 0 Å². The maximum Gasteiger partial charge on any atom is 0.416 e. The van der Waals surface area contributed by atoms with Gasteiger partial charge in [0.15, 0.2) is 4.90 Å². The third-order valence-electron chi connectivity index (χ3n) is 1.96. The lowest BCUT2D eigenvalue weighted by molar-refractivity contribution is -0.137. The van der Waals surface area contributed by atoms with Crippen LogP contribution >= 0.6 is 15.9 Å². The van der Waals surface area contributed by atoms with Crippen molar-refractivity contribution in [3.8, 4) is 0 Å². The molecule has 1 aromatic carbocycles. The number of hydrogen-bond donors (Lipinski definition) is 1. The molecule has 1 aromatic rings. The van der Waals surface area contributed by atoms with Crippen molar-refractivity contribution in [1.82, 2.24) is 4.72 Å². The van der Waals surface area contributed by atoms with E-state index >= 15 is 0 Å². The second kappa shape index (κ2) is 6.10. The average Bonchev–Trinajstić information content (AvgIpc) is 2.24. The van der Waals surface area contributed by atoms with Gasteiger partial charge in [-0.05, 0) is 35.0 Å². The van der Waals surface area contributed by atoms with E-state index in [4.69, 9.17) is 0 Å². The van der Waals surface area contributed by atoms with Crippen LogP contribution in [-0.4, -0.2) is 11.1 Å². The molecule has 2 nitrogen and oxygen atoms in total. The van der Waals surface area contributed by atoms with E-state index in [1.165, 1.54) is 6.07 Å². The fraction of sp³-hybridized carbons (Fsp3) is 0.273. The van der Waals surface area contributed by atoms with Crippen molar-refractivity contribution in [2.24, 2.45) is 0 Å². The van der Waals surface area contributed by atoms with E-state index in [0.29, 0.717) is 4.47 Å². The molecule has 0 heterocycles. The molecule has 1 unspecified atom stereocenters. The Hall–Kier alpha value is -0.500. The molecule has 1 atom stereocenters. The number of halogens is 4. The molecule has 100 valence electrons. The van der Waals surface area contributed by atoms with Crippen LogP contribution in [0.2, 0.25) is 0 Å². The molecular weight excluding hydrogens is 331 g/mol. The second-order valence-electron chi connectivity index (χ2n) is 3.69. The predicted octanol–water partition coefficient (Wildman–Crippen LogP) is 3.66. The maximum atomic E-state index is 12.5. The van der Waals surface area contributed by atoms with Crippen molar-refractivity contribution >= 4 is 27.3 Å². The summed E-state index contributed by atoms with van der Waals surface area (Å²) in [5.74, 6) is 0. The van der Waals surface area contributed by atoms with Crippen LogP contribution in [0.25, 0.3) is 0 Å². The third kappa shape index (κ3) is 4.31. The highest BCUT2D eigenvalue weighted by Gasteiger charge is 2.32. The average molecular weight is 342 g/mol. The first-order valence-corrected chi connectivity index (χ1v) is 6.82. The SMILES string of the molecule is C=C(C)CN[S+]([O-])c1cc(C(F)(F)F)ccc1Br. The Bertz CT molecular complexity index is 450. The van der Waals surface area contributed by atoms with Gasteiger partial charge >= 0.3 is 6.18 Å². The molecule has 0 saturated carbocycles. The summed E-state index contributed by atoms with van der Waals surface area (Å²) in [6, 6.07) is 3.04. The summed E-state index contributed by atoms with van der Waals surface area (Å²) in [5.41, 5.74) is -0.0855. The highest BCUT2D eigenvalue weighted by molar-refractivity contribution is 9.10. The van der Waals surface area contributed by atoms with Gasteiger partial charge in [0.05, 0.1) is 27.9 Å². The van der Waals surface area contributed by atoms with Crippen LogP contribution in [0.1, 0.15) is 12.5 Å². The van der Waals surface area contributed by atoms with E-state index in [-0.39, 0.29) is 11.4 Å². The molecule has 0 fully saturated rings. The highest BCUT2D eigenvalue weighted by Crippen LogP contribution is 2.33. The summed E-state index contributed by atoms with van der Waals surface area (Å²) in [7, 11) is 0. The molecule has 0 aliphatic carbocycles. The smallest absolute Gasteiger partial charge is 0.416 e. The zero-order valence-electron chi connectivity index (χ0n) is 9.47. The van der Waals surface area contributed by atoms with Crippen molar-refractivity contribution < 1.29 is 17.7 Å². The van der Waals surface area contributed by atoms with E-state index in [1.807, 2.05) is 0 Å². The molecule has 18 heavy (non-hydrogen) atoms. The third-order valence-corrected chi connectivity index (χ3v) is 4.06. The largest absolute Gasteiger partial charge is 0.593 e. The minimum atomic E-state index is -4.45. The Kier molecular flexibility index (Phi) is 5.27. The fourth-order valence-electron chi connectivity index (χ4n) is 1.09. The molecule has 0 radical (unpaired) electrons. The van der Waals surface area contributed by atoms with Gasteiger partial charge in [0, 0.05) is 6.07 Å². The standard InChI is InChI=1S/C11H11BrF3NOS/c1-7(2)6-16-18(17)10-5-8(11(13,14)15)3-4-9(10)12/h3-5,16H,1,6H2,2H3. The molecule has 0 aliphatic heterocycles. The van der Waals surface area contributed by atoms with Crippen molar-refractivity contribution in [1.29, 1.82) is 0 Å². The van der Waals surface area contributed by atoms with Crippen LogP contribution in [0.5, 0.6) is 0 Å². The monoisotopic (exact) mass is 341 g/mol. The molecular formula is C11H11BrF3NOS. The minimum Gasteiger partial charge on any atom is -0.593 e. The number of rotatable bonds is 4. The first kappa shape index (κ1) is 15.6. The molecule has 0 saturated heterocycles. The van der Waals surface area contributed by atoms with Crippen molar-refractivity contribution in [3.05, 3.63) is 40.4 Å². The van der Waals surface area contributed by atoms with Gasteiger partial charge in [-0.25, -0.2) is 0 Å². The van der Waals surface area contributed by atoms with Gasteiger partial charge in [-0.3, -0.25) is 0 Å². The maximum absolute atomic E-state index is 12.5. The second-order valence-corrected chi connectivity index (χ2v) is 5.81. The number of hydrogen-bond acceptors (Lipinski definition) is 2. The summed E-state index contributed by atoms with van der Waals surface area (Å²) >= 11 is 1.36. The first-order chi connectivity index (χ1) is 8.21. The number of nitrogens with one attached hydrogen (secondary N) is 1. The summed E-state index contributed by atoms with van der Waals surface area (Å²) in [5, 5.41) is 0. The van der Waals surface area contributed by atoms with Crippen LogP contribution in [0.15, 0.2) is 39.7 Å². The van der Waals surface area contributed by atoms with Crippen LogP contribution in [0.4, 0.5) is 13.2 Å². The minimum absolute atomic E-state index is 0.0612. The zero-order valence-corrected chi connectivity index (χ0v) is 11.9. The van der Waals surface area contributed by atoms with Gasteiger partial charge in [0.1, 0.15) is 0 Å². The first-order valence-electron chi connectivity index (χ1n) is 4.88. The lowest BCUT2D eigenvalue weighted by Gasteiger charge is -2.14. The van der Waals surface area contributed by atoms with E-state index in [0.717, 1.165) is 17.7 Å². The Morgan fingerprint density at radius 1 is 1.50 bits per heavy atom. The highest BCUT2D eigenvalue weighted by atomic mass is 79.9. The van der Waals surface area contributed by atoms with Crippen LogP contribution < -0.4 is 4.72 Å². The van der Waals surface area contributed by atoms with E-state index < -0.39 is 23.1 Å². The van der Waals surface area contributed by atoms with Gasteiger partial charge in [-0.15, -0.1) is 4.72 Å². The van der Waals surface area contributed by atoms with E-state index in [2.05, 4.69) is 27.2 Å². The van der Waals surface area contributed by atoms with Crippen LogP contribution in [0, 0.1) is 0 Å². The lowest BCUT2D eigenvalue weighted by Crippen LogP contribution is -2.26.